The molecule has 2 aromatic carbocycles. The minimum atomic E-state index is -0.842. The minimum absolute atomic E-state index is 0.157. The lowest BCUT2D eigenvalue weighted by Gasteiger charge is -2.35. The smallest absolute Gasteiger partial charge is 0.317 e. The lowest BCUT2D eigenvalue weighted by molar-refractivity contribution is -0.143. The number of likely N-dealkylation sites (tertiary alicyclic amines) is 1. The lowest BCUT2D eigenvalue weighted by Crippen LogP contribution is -2.50. The van der Waals surface area contributed by atoms with Crippen LogP contribution in [0.3, 0.4) is 0 Å². The first kappa shape index (κ1) is 20.7. The molecule has 1 saturated heterocycles. The highest BCUT2D eigenvalue weighted by Crippen LogP contribution is 2.25. The lowest BCUT2D eigenvalue weighted by atomic mass is 9.90. The number of hydrogen-bond acceptors (Lipinski definition) is 3. The van der Waals surface area contributed by atoms with Crippen molar-refractivity contribution in [2.75, 3.05) is 20.2 Å². The zero-order valence-electron chi connectivity index (χ0n) is 16.9. The number of carbonyl (C=O) groups excluding carboxylic acids is 1. The van der Waals surface area contributed by atoms with Crippen LogP contribution in [0.5, 0.6) is 5.75 Å². The molecule has 3 atom stereocenters. The molecule has 0 spiro atoms. The summed E-state index contributed by atoms with van der Waals surface area (Å²) < 4.78 is 5.24. The number of ether oxygens (including phenoxy) is 1. The van der Waals surface area contributed by atoms with Crippen LogP contribution in [0.15, 0.2) is 54.6 Å². The second-order valence-electron chi connectivity index (χ2n) is 7.75. The Kier molecular flexibility index (Phi) is 6.75. The topological polar surface area (TPSA) is 78.9 Å². The van der Waals surface area contributed by atoms with Gasteiger partial charge in [-0.2, -0.15) is 0 Å². The fraction of sp³-hybridized carbons (Fsp3) is 0.391. The van der Waals surface area contributed by atoms with Gasteiger partial charge in [0.25, 0.3) is 0 Å². The van der Waals surface area contributed by atoms with Gasteiger partial charge >= 0.3 is 12.0 Å². The van der Waals surface area contributed by atoms with Gasteiger partial charge in [-0.1, -0.05) is 49.4 Å². The molecule has 29 heavy (non-hydrogen) atoms. The first-order valence-corrected chi connectivity index (χ1v) is 9.92. The van der Waals surface area contributed by atoms with Gasteiger partial charge in [-0.25, -0.2) is 4.79 Å². The van der Waals surface area contributed by atoms with Crippen LogP contribution in [0.1, 0.15) is 30.5 Å². The van der Waals surface area contributed by atoms with E-state index in [1.807, 2.05) is 61.5 Å². The predicted octanol–water partition coefficient (Wildman–Crippen LogP) is 3.73. The Balaban J connectivity index is 1.78. The summed E-state index contributed by atoms with van der Waals surface area (Å²) in [6, 6.07) is 17.2. The van der Waals surface area contributed by atoms with Crippen LogP contribution in [0.25, 0.3) is 0 Å². The van der Waals surface area contributed by atoms with Gasteiger partial charge in [-0.05, 0) is 42.0 Å². The van der Waals surface area contributed by atoms with Crippen LogP contribution in [0.4, 0.5) is 4.79 Å². The van der Waals surface area contributed by atoms with Gasteiger partial charge < -0.3 is 20.1 Å². The first-order chi connectivity index (χ1) is 14.0. The maximum Gasteiger partial charge on any atom is 0.317 e. The van der Waals surface area contributed by atoms with Crippen molar-refractivity contribution in [1.82, 2.24) is 10.2 Å². The number of carboxylic acid groups (broad SMARTS) is 1. The number of hydrogen-bond donors (Lipinski definition) is 2. The number of nitrogens with one attached hydrogen (secondary N) is 1. The van der Waals surface area contributed by atoms with Gasteiger partial charge in [-0.3, -0.25) is 4.79 Å². The summed E-state index contributed by atoms with van der Waals surface area (Å²) in [5, 5.41) is 12.5. The van der Waals surface area contributed by atoms with E-state index in [0.29, 0.717) is 19.4 Å². The summed E-state index contributed by atoms with van der Waals surface area (Å²) in [6.45, 7) is 2.79. The van der Waals surface area contributed by atoms with E-state index in [9.17, 15) is 14.7 Å². The summed E-state index contributed by atoms with van der Waals surface area (Å²) >= 11 is 0. The molecule has 2 N–H and O–H groups in total. The molecule has 1 heterocycles. The van der Waals surface area contributed by atoms with Crippen LogP contribution in [-0.2, 0) is 11.2 Å². The van der Waals surface area contributed by atoms with E-state index in [-0.39, 0.29) is 24.5 Å². The fourth-order valence-corrected chi connectivity index (χ4v) is 3.87. The molecular formula is C23H28N2O4. The highest BCUT2D eigenvalue weighted by molar-refractivity contribution is 5.77. The third-order valence-corrected chi connectivity index (χ3v) is 5.39. The average molecular weight is 396 g/mol. The number of carbonyl (C=O) groups is 2. The molecule has 154 valence electrons. The Labute approximate surface area is 171 Å². The van der Waals surface area contributed by atoms with Gasteiger partial charge in [0.1, 0.15) is 5.75 Å². The van der Waals surface area contributed by atoms with Crippen LogP contribution in [0.2, 0.25) is 0 Å². The Morgan fingerprint density at radius 1 is 1.14 bits per heavy atom. The number of aliphatic carboxylic acids is 1. The van der Waals surface area contributed by atoms with Crippen molar-refractivity contribution >= 4 is 12.0 Å². The van der Waals surface area contributed by atoms with Gasteiger partial charge in [0, 0.05) is 13.1 Å². The van der Waals surface area contributed by atoms with E-state index in [0.717, 1.165) is 16.9 Å². The van der Waals surface area contributed by atoms with Gasteiger partial charge in [0.2, 0.25) is 0 Å². The number of rotatable bonds is 6. The van der Waals surface area contributed by atoms with Crippen LogP contribution in [-0.4, -0.2) is 42.2 Å². The summed E-state index contributed by atoms with van der Waals surface area (Å²) in [4.78, 5) is 26.1. The Bertz CT molecular complexity index is 823. The number of urea groups is 1. The maximum absolute atomic E-state index is 13.0. The number of carboxylic acids is 1. The molecule has 2 amide bonds. The van der Waals surface area contributed by atoms with E-state index in [1.54, 1.807) is 12.0 Å². The molecule has 0 saturated carbocycles. The maximum atomic E-state index is 13.0. The molecule has 6 heteroatoms. The molecule has 6 nitrogen and oxygen atoms in total. The Morgan fingerprint density at radius 3 is 2.45 bits per heavy atom. The molecule has 1 fully saturated rings. The summed E-state index contributed by atoms with van der Waals surface area (Å²) in [5.74, 6) is -0.444. The molecule has 0 aliphatic carbocycles. The third-order valence-electron chi connectivity index (χ3n) is 5.39. The third kappa shape index (κ3) is 5.50. The molecule has 0 radical (unpaired) electrons. The molecule has 3 unspecified atom stereocenters. The number of nitrogens with zero attached hydrogens (tertiary/aromatic N) is 1. The van der Waals surface area contributed by atoms with Crippen molar-refractivity contribution in [3.05, 3.63) is 65.7 Å². The zero-order valence-corrected chi connectivity index (χ0v) is 16.9. The normalized spacial score (nSPS) is 20.0. The highest BCUT2D eigenvalue weighted by Gasteiger charge is 2.32. The number of benzene rings is 2. The van der Waals surface area contributed by atoms with Crippen molar-refractivity contribution in [3.8, 4) is 5.75 Å². The van der Waals surface area contributed by atoms with Crippen molar-refractivity contribution in [2.45, 2.75) is 25.8 Å². The van der Waals surface area contributed by atoms with Crippen LogP contribution in [0, 0.1) is 11.8 Å². The second-order valence-corrected chi connectivity index (χ2v) is 7.75. The van der Waals surface area contributed by atoms with Crippen molar-refractivity contribution in [2.24, 2.45) is 11.8 Å². The largest absolute Gasteiger partial charge is 0.497 e. The van der Waals surface area contributed by atoms with Crippen LogP contribution >= 0.6 is 0 Å². The van der Waals surface area contributed by atoms with E-state index >= 15 is 0 Å². The standard InChI is InChI=1S/C23H28N2O4/c1-16-12-19(22(26)27)15-25(14-16)23(28)24-21(13-17-6-4-3-5-7-17)18-8-10-20(29-2)11-9-18/h3-11,16,19,21H,12-15H2,1-2H3,(H,24,28)(H,26,27). The van der Waals surface area contributed by atoms with E-state index in [1.165, 1.54) is 0 Å². The summed E-state index contributed by atoms with van der Waals surface area (Å²) in [7, 11) is 1.62. The van der Waals surface area contributed by atoms with E-state index in [4.69, 9.17) is 4.74 Å². The minimum Gasteiger partial charge on any atom is -0.497 e. The molecule has 1 aliphatic rings. The number of amides is 2. The van der Waals surface area contributed by atoms with E-state index < -0.39 is 11.9 Å². The highest BCUT2D eigenvalue weighted by atomic mass is 16.5. The quantitative estimate of drug-likeness (QED) is 0.780. The Morgan fingerprint density at radius 2 is 1.83 bits per heavy atom. The van der Waals surface area contributed by atoms with Gasteiger partial charge in [0.15, 0.2) is 0 Å². The van der Waals surface area contributed by atoms with E-state index in [2.05, 4.69) is 5.32 Å². The molecule has 1 aliphatic heterocycles. The average Bonchev–Trinajstić information content (AvgIpc) is 2.73. The SMILES string of the molecule is COc1ccc(C(Cc2ccccc2)NC(=O)N2CC(C)CC(C(=O)O)C2)cc1. The fourth-order valence-electron chi connectivity index (χ4n) is 3.87. The molecule has 0 aromatic heterocycles. The van der Waals surface area contributed by atoms with Gasteiger partial charge in [-0.15, -0.1) is 0 Å². The predicted molar refractivity (Wildman–Crippen MR) is 111 cm³/mol. The monoisotopic (exact) mass is 396 g/mol. The zero-order chi connectivity index (χ0) is 20.8. The summed E-state index contributed by atoms with van der Waals surface area (Å²) in [6.07, 6.45) is 1.25. The molecule has 3 rings (SSSR count). The number of methoxy groups -OCH3 is 1. The van der Waals surface area contributed by atoms with Crippen molar-refractivity contribution < 1.29 is 19.4 Å². The summed E-state index contributed by atoms with van der Waals surface area (Å²) in [5.41, 5.74) is 2.09. The molecule has 0 bridgehead atoms. The molecule has 2 aromatic rings. The van der Waals surface area contributed by atoms with Gasteiger partial charge in [0.05, 0.1) is 19.1 Å². The van der Waals surface area contributed by atoms with Crippen LogP contribution < -0.4 is 10.1 Å². The van der Waals surface area contributed by atoms with Crippen molar-refractivity contribution in [3.63, 3.8) is 0 Å². The number of piperidine rings is 1. The Hall–Kier alpha value is -3.02. The van der Waals surface area contributed by atoms with Crippen molar-refractivity contribution in [1.29, 1.82) is 0 Å². The second kappa shape index (κ2) is 9.45. The first-order valence-electron chi connectivity index (χ1n) is 9.92. The molecular weight excluding hydrogens is 368 g/mol.